The second-order valence-electron chi connectivity index (χ2n) is 6.49. The van der Waals surface area contributed by atoms with Gasteiger partial charge in [0.15, 0.2) is 0 Å². The van der Waals surface area contributed by atoms with Crippen molar-refractivity contribution in [3.8, 4) is 0 Å². The van der Waals surface area contributed by atoms with Gasteiger partial charge in [0, 0.05) is 12.8 Å². The number of carbonyl (C=O) groups is 1. The Hall–Kier alpha value is -0.370. The Morgan fingerprint density at radius 3 is 3.13 bits per heavy atom. The highest BCUT2D eigenvalue weighted by molar-refractivity contribution is 5.80. The molecule has 5 atom stereocenters. The van der Waals surface area contributed by atoms with E-state index in [4.69, 9.17) is 4.74 Å². The minimum atomic E-state index is 0.182. The zero-order valence-electron chi connectivity index (χ0n) is 9.29. The molecule has 15 heavy (non-hydrogen) atoms. The lowest BCUT2D eigenvalue weighted by molar-refractivity contribution is -0.156. The summed E-state index contributed by atoms with van der Waals surface area (Å²) < 4.78 is 6.20. The summed E-state index contributed by atoms with van der Waals surface area (Å²) >= 11 is 0. The first-order valence-corrected chi connectivity index (χ1v) is 6.31. The normalized spacial score (nSPS) is 61.1. The van der Waals surface area contributed by atoms with Gasteiger partial charge in [0.2, 0.25) is 0 Å². The Kier molecular flexibility index (Phi) is 1.35. The Morgan fingerprint density at radius 2 is 2.33 bits per heavy atom. The summed E-state index contributed by atoms with van der Waals surface area (Å²) in [6.07, 6.45) is 7.04. The van der Waals surface area contributed by atoms with E-state index in [0.29, 0.717) is 23.2 Å². The summed E-state index contributed by atoms with van der Waals surface area (Å²) in [5.41, 5.74) is 0.691. The van der Waals surface area contributed by atoms with E-state index in [1.54, 1.807) is 0 Å². The van der Waals surface area contributed by atoms with Gasteiger partial charge in [0.25, 0.3) is 0 Å². The van der Waals surface area contributed by atoms with Crippen LogP contribution >= 0.6 is 0 Å². The highest BCUT2D eigenvalue weighted by Gasteiger charge is 2.68. The van der Waals surface area contributed by atoms with Crippen LogP contribution < -0.4 is 0 Å². The van der Waals surface area contributed by atoms with Gasteiger partial charge in [-0.05, 0) is 49.9 Å². The van der Waals surface area contributed by atoms with Crippen LogP contribution in [0.5, 0.6) is 0 Å². The second-order valence-corrected chi connectivity index (χ2v) is 6.49. The summed E-state index contributed by atoms with van der Waals surface area (Å²) in [5, 5.41) is 0. The van der Waals surface area contributed by atoms with Crippen LogP contribution in [-0.2, 0) is 9.53 Å². The van der Waals surface area contributed by atoms with Gasteiger partial charge in [0.05, 0.1) is 11.7 Å². The van der Waals surface area contributed by atoms with Crippen molar-refractivity contribution in [3.05, 3.63) is 0 Å². The summed E-state index contributed by atoms with van der Waals surface area (Å²) in [4.78, 5) is 11.6. The quantitative estimate of drug-likeness (QED) is 0.608. The van der Waals surface area contributed by atoms with Gasteiger partial charge in [-0.25, -0.2) is 0 Å². The summed E-state index contributed by atoms with van der Waals surface area (Å²) in [7, 11) is 0. The Morgan fingerprint density at radius 1 is 1.47 bits per heavy atom. The molecule has 5 rings (SSSR count). The Balaban J connectivity index is 1.78. The van der Waals surface area contributed by atoms with Gasteiger partial charge in [-0.3, -0.25) is 4.79 Å². The van der Waals surface area contributed by atoms with E-state index in [1.165, 1.54) is 19.3 Å². The third-order valence-electron chi connectivity index (χ3n) is 5.74. The van der Waals surface area contributed by atoms with Crippen molar-refractivity contribution in [2.75, 3.05) is 0 Å². The van der Waals surface area contributed by atoms with Crippen LogP contribution in [-0.4, -0.2) is 17.5 Å². The molecule has 5 aliphatic rings. The number of hydrogen-bond acceptors (Lipinski definition) is 2. The van der Waals surface area contributed by atoms with Crippen LogP contribution in [0.25, 0.3) is 0 Å². The van der Waals surface area contributed by atoms with Crippen LogP contribution in [0.1, 0.15) is 45.4 Å². The van der Waals surface area contributed by atoms with Crippen LogP contribution in [0, 0.1) is 17.3 Å². The van der Waals surface area contributed by atoms with Crippen molar-refractivity contribution in [1.29, 1.82) is 0 Å². The molecule has 0 amide bonds. The van der Waals surface area contributed by atoms with Crippen molar-refractivity contribution >= 4 is 5.78 Å². The standard InChI is InChI=1S/C13H18O2/c1-12-7-13-3-2-9(14)5-10(13)11(15-12)4-8(12)6-13/h8,10-11H,2-7H2,1H3/t8-,10-,11-,12-,13-/m0/s1. The van der Waals surface area contributed by atoms with Crippen molar-refractivity contribution < 1.29 is 9.53 Å². The Labute approximate surface area is 90.4 Å². The SMILES string of the molecule is C[C@]12C[C@@]34CCC(=O)C[C@H]3[C@H](C[C@H]1C4)O2. The molecule has 3 aliphatic carbocycles. The van der Waals surface area contributed by atoms with Gasteiger partial charge < -0.3 is 4.74 Å². The largest absolute Gasteiger partial charge is 0.371 e. The molecular formula is C13H18O2. The van der Waals surface area contributed by atoms with Crippen molar-refractivity contribution in [3.63, 3.8) is 0 Å². The minimum Gasteiger partial charge on any atom is -0.371 e. The lowest BCUT2D eigenvalue weighted by Crippen LogP contribution is -2.48. The highest BCUT2D eigenvalue weighted by atomic mass is 16.5. The minimum absolute atomic E-state index is 0.182. The van der Waals surface area contributed by atoms with Gasteiger partial charge in [-0.2, -0.15) is 0 Å². The topological polar surface area (TPSA) is 26.3 Å². The lowest BCUT2D eigenvalue weighted by Gasteiger charge is -2.49. The average Bonchev–Trinajstić information content (AvgIpc) is 2.54. The number of carbonyl (C=O) groups excluding carboxylic acids is 1. The fraction of sp³-hybridized carbons (Fsp3) is 0.923. The van der Waals surface area contributed by atoms with Crippen LogP contribution in [0.4, 0.5) is 0 Å². The van der Waals surface area contributed by atoms with E-state index in [-0.39, 0.29) is 5.60 Å². The molecule has 0 unspecified atom stereocenters. The van der Waals surface area contributed by atoms with E-state index >= 15 is 0 Å². The fourth-order valence-electron chi connectivity index (χ4n) is 5.15. The third-order valence-corrected chi connectivity index (χ3v) is 5.74. The number of ketones is 1. The fourth-order valence-corrected chi connectivity index (χ4v) is 5.15. The zero-order chi connectivity index (χ0) is 10.3. The maximum absolute atomic E-state index is 11.6. The second kappa shape index (κ2) is 2.32. The molecule has 0 aromatic rings. The third kappa shape index (κ3) is 0.885. The summed E-state index contributed by atoms with van der Waals surface area (Å²) in [6, 6.07) is 0. The van der Waals surface area contributed by atoms with Gasteiger partial charge >= 0.3 is 0 Å². The van der Waals surface area contributed by atoms with Crippen molar-refractivity contribution in [2.24, 2.45) is 17.3 Å². The molecule has 82 valence electrons. The molecule has 0 radical (unpaired) electrons. The van der Waals surface area contributed by atoms with Crippen LogP contribution in [0.15, 0.2) is 0 Å². The van der Waals surface area contributed by atoms with Crippen LogP contribution in [0.2, 0.25) is 0 Å². The Bertz CT molecular complexity index is 350. The molecule has 2 nitrogen and oxygen atoms in total. The lowest BCUT2D eigenvalue weighted by atomic mass is 9.59. The highest BCUT2D eigenvalue weighted by Crippen LogP contribution is 2.69. The molecular weight excluding hydrogens is 188 g/mol. The first-order chi connectivity index (χ1) is 7.11. The summed E-state index contributed by atoms with van der Waals surface area (Å²) in [5.74, 6) is 1.85. The maximum Gasteiger partial charge on any atom is 0.133 e. The molecule has 2 saturated heterocycles. The molecule has 3 saturated carbocycles. The molecule has 0 aromatic heterocycles. The van der Waals surface area contributed by atoms with Crippen molar-refractivity contribution in [1.82, 2.24) is 0 Å². The van der Waals surface area contributed by atoms with E-state index in [0.717, 1.165) is 25.2 Å². The molecule has 4 bridgehead atoms. The van der Waals surface area contributed by atoms with Crippen LogP contribution in [0.3, 0.4) is 0 Å². The zero-order valence-corrected chi connectivity index (χ0v) is 9.29. The smallest absolute Gasteiger partial charge is 0.133 e. The van der Waals surface area contributed by atoms with E-state index in [2.05, 4.69) is 6.92 Å². The monoisotopic (exact) mass is 206 g/mol. The molecule has 2 aliphatic heterocycles. The molecule has 1 spiro atoms. The molecule has 2 heteroatoms. The van der Waals surface area contributed by atoms with Gasteiger partial charge in [0.1, 0.15) is 5.78 Å². The van der Waals surface area contributed by atoms with Gasteiger partial charge in [-0.15, -0.1) is 0 Å². The summed E-state index contributed by atoms with van der Waals surface area (Å²) in [6.45, 7) is 2.30. The van der Waals surface area contributed by atoms with Gasteiger partial charge in [-0.1, -0.05) is 0 Å². The number of ether oxygens (including phenoxy) is 1. The predicted molar refractivity (Wildman–Crippen MR) is 55.4 cm³/mol. The first kappa shape index (κ1) is 8.74. The molecule has 5 fully saturated rings. The molecule has 0 aromatic carbocycles. The average molecular weight is 206 g/mol. The number of rotatable bonds is 0. The molecule has 0 N–H and O–H groups in total. The number of hydrogen-bond donors (Lipinski definition) is 0. The van der Waals surface area contributed by atoms with E-state index in [1.807, 2.05) is 0 Å². The molecule has 2 heterocycles. The van der Waals surface area contributed by atoms with E-state index < -0.39 is 0 Å². The predicted octanol–water partition coefficient (Wildman–Crippen LogP) is 2.31. The first-order valence-electron chi connectivity index (χ1n) is 6.31. The maximum atomic E-state index is 11.6. The number of Topliss-reactive ketones (excluding diaryl/α,β-unsaturated/α-hetero) is 1. The van der Waals surface area contributed by atoms with Crippen molar-refractivity contribution in [2.45, 2.75) is 57.2 Å². The van der Waals surface area contributed by atoms with E-state index in [9.17, 15) is 4.79 Å².